The zero-order chi connectivity index (χ0) is 12.7. The molecule has 2 N–H and O–H groups in total. The molecule has 1 aliphatic carbocycles. The van der Waals surface area contributed by atoms with Crippen molar-refractivity contribution in [3.63, 3.8) is 0 Å². The Morgan fingerprint density at radius 2 is 1.78 bits per heavy atom. The van der Waals surface area contributed by atoms with Gasteiger partial charge in [-0.3, -0.25) is 4.84 Å². The monoisotopic (exact) mass is 259 g/mol. The Balaban J connectivity index is 2.23. The summed E-state index contributed by atoms with van der Waals surface area (Å²) in [6.07, 6.45) is 0. The maximum atomic E-state index is 9.66. The van der Waals surface area contributed by atoms with Gasteiger partial charge in [0.2, 0.25) is 0 Å². The first-order valence-electron chi connectivity index (χ1n) is 5.97. The van der Waals surface area contributed by atoms with Crippen molar-refractivity contribution in [3.05, 3.63) is 53.1 Å². The van der Waals surface area contributed by atoms with Crippen LogP contribution in [-0.2, 0) is 0 Å². The molecule has 3 heteroatoms. The predicted octanol–water partition coefficient (Wildman–Crippen LogP) is 3.67. The number of hydrogen-bond acceptors (Lipinski definition) is 2. The number of hydrogen-bond donors (Lipinski definition) is 2. The van der Waals surface area contributed by atoms with E-state index in [1.165, 1.54) is 22.3 Å². The van der Waals surface area contributed by atoms with E-state index in [-0.39, 0.29) is 12.5 Å². The fraction of sp³-hybridized carbons (Fsp3) is 0.200. The lowest BCUT2D eigenvalue weighted by atomic mass is 9.97. The summed E-state index contributed by atoms with van der Waals surface area (Å²) in [5.74, 6) is 0.0554. The van der Waals surface area contributed by atoms with E-state index in [4.69, 9.17) is 11.8 Å². The average molecular weight is 260 g/mol. The Morgan fingerprint density at radius 3 is 2.44 bits per heavy atom. The first-order valence-corrected chi connectivity index (χ1v) is 6.34. The Kier molecular flexibility index (Phi) is 2.77. The van der Waals surface area contributed by atoms with Crippen LogP contribution in [0, 0.1) is 6.92 Å². The van der Waals surface area contributed by atoms with Crippen LogP contribution >= 0.6 is 11.8 Å². The van der Waals surface area contributed by atoms with E-state index in [1.54, 1.807) is 0 Å². The smallest absolute Gasteiger partial charge is 0.0540 e. The van der Waals surface area contributed by atoms with Crippen LogP contribution in [0.25, 0.3) is 11.1 Å². The van der Waals surface area contributed by atoms with Crippen LogP contribution in [0.15, 0.2) is 36.4 Å². The second kappa shape index (κ2) is 4.30. The molecule has 3 rings (SSSR count). The van der Waals surface area contributed by atoms with E-state index in [0.29, 0.717) is 0 Å². The number of aryl methyl sites for hydroxylation is 1. The van der Waals surface area contributed by atoms with E-state index in [2.05, 4.69) is 36.0 Å². The van der Waals surface area contributed by atoms with E-state index in [0.717, 1.165) is 11.3 Å². The highest BCUT2D eigenvalue weighted by Gasteiger charge is 2.28. The number of benzene rings is 2. The summed E-state index contributed by atoms with van der Waals surface area (Å²) in [7, 11) is 0. The van der Waals surface area contributed by atoms with Crippen molar-refractivity contribution in [2.24, 2.45) is 0 Å². The van der Waals surface area contributed by atoms with E-state index in [1.807, 2.05) is 12.1 Å². The van der Waals surface area contributed by atoms with Crippen LogP contribution in [-0.4, -0.2) is 11.7 Å². The Bertz CT molecular complexity index is 609. The first kappa shape index (κ1) is 11.6. The number of halogens is 1. The third-order valence-corrected chi connectivity index (χ3v) is 3.81. The van der Waals surface area contributed by atoms with Gasteiger partial charge in [0.25, 0.3) is 0 Å². The summed E-state index contributed by atoms with van der Waals surface area (Å²) in [6.45, 7) is 2.19. The van der Waals surface area contributed by atoms with E-state index < -0.39 is 0 Å². The van der Waals surface area contributed by atoms with Crippen LogP contribution in [0.1, 0.15) is 22.6 Å². The molecule has 0 aromatic heterocycles. The van der Waals surface area contributed by atoms with Gasteiger partial charge in [-0.15, -0.1) is 0 Å². The summed E-state index contributed by atoms with van der Waals surface area (Å²) >= 11 is 5.64. The minimum Gasteiger partial charge on any atom is -0.395 e. The Labute approximate surface area is 111 Å². The van der Waals surface area contributed by atoms with Gasteiger partial charge in [0.15, 0.2) is 0 Å². The molecule has 0 bridgehead atoms. The topological polar surface area (TPSA) is 32.3 Å². The second-order valence-electron chi connectivity index (χ2n) is 4.72. The second-order valence-corrected chi connectivity index (χ2v) is 4.91. The maximum Gasteiger partial charge on any atom is 0.0540 e. The van der Waals surface area contributed by atoms with E-state index >= 15 is 0 Å². The lowest BCUT2D eigenvalue weighted by molar-refractivity contribution is 0.282. The molecular weight excluding hydrogens is 246 g/mol. The van der Waals surface area contributed by atoms with Crippen molar-refractivity contribution in [3.8, 4) is 11.1 Å². The molecule has 2 aromatic rings. The molecular formula is C15H14ClNO. The molecule has 1 unspecified atom stereocenters. The molecule has 0 radical (unpaired) electrons. The molecule has 1 atom stereocenters. The normalized spacial score (nSPS) is 16.3. The van der Waals surface area contributed by atoms with Crippen LogP contribution in [0.4, 0.5) is 5.69 Å². The van der Waals surface area contributed by atoms with Crippen molar-refractivity contribution in [2.45, 2.75) is 12.8 Å². The predicted molar refractivity (Wildman–Crippen MR) is 75.0 cm³/mol. The van der Waals surface area contributed by atoms with Gasteiger partial charge in [-0.2, -0.15) is 0 Å². The Morgan fingerprint density at radius 1 is 1.11 bits per heavy atom. The molecule has 0 aliphatic heterocycles. The molecule has 18 heavy (non-hydrogen) atoms. The van der Waals surface area contributed by atoms with Crippen molar-refractivity contribution in [1.29, 1.82) is 0 Å². The lowest BCUT2D eigenvalue weighted by Gasteiger charge is -2.11. The highest BCUT2D eigenvalue weighted by molar-refractivity contribution is 6.24. The summed E-state index contributed by atoms with van der Waals surface area (Å²) in [6, 6.07) is 12.4. The minimum absolute atomic E-state index is 0.0554. The molecule has 0 saturated carbocycles. The van der Waals surface area contributed by atoms with Gasteiger partial charge in [-0.05, 0) is 41.3 Å². The van der Waals surface area contributed by atoms with Crippen LogP contribution < -0.4 is 4.84 Å². The molecule has 92 valence electrons. The highest BCUT2D eigenvalue weighted by Crippen LogP contribution is 2.45. The van der Waals surface area contributed by atoms with Crippen molar-refractivity contribution < 1.29 is 5.11 Å². The van der Waals surface area contributed by atoms with Crippen LogP contribution in [0.2, 0.25) is 0 Å². The first-order chi connectivity index (χ1) is 8.74. The number of fused-ring (bicyclic) bond motifs is 3. The zero-order valence-electron chi connectivity index (χ0n) is 10.1. The summed E-state index contributed by atoms with van der Waals surface area (Å²) in [4.78, 5) is 2.63. The molecule has 0 spiro atoms. The fourth-order valence-corrected chi connectivity index (χ4v) is 2.85. The molecule has 2 aromatic carbocycles. The van der Waals surface area contributed by atoms with Gasteiger partial charge in [0.05, 0.1) is 6.61 Å². The molecule has 0 fully saturated rings. The van der Waals surface area contributed by atoms with Gasteiger partial charge in [0, 0.05) is 23.4 Å². The zero-order valence-corrected chi connectivity index (χ0v) is 10.8. The SMILES string of the molecule is Cc1ccc2c(c1)C(CO)c1cc(NCl)ccc1-2. The van der Waals surface area contributed by atoms with E-state index in [9.17, 15) is 5.11 Å². The number of nitrogens with one attached hydrogen (secondary N) is 1. The third kappa shape index (κ3) is 1.61. The lowest BCUT2D eigenvalue weighted by Crippen LogP contribution is -2.02. The maximum absolute atomic E-state index is 9.66. The molecule has 0 heterocycles. The number of aliphatic hydroxyl groups is 1. The fourth-order valence-electron chi connectivity index (χ4n) is 2.74. The van der Waals surface area contributed by atoms with Gasteiger partial charge >= 0.3 is 0 Å². The number of anilines is 1. The summed E-state index contributed by atoms with van der Waals surface area (Å²) in [5, 5.41) is 9.66. The third-order valence-electron chi connectivity index (χ3n) is 3.59. The minimum atomic E-state index is 0.0554. The molecule has 0 saturated heterocycles. The van der Waals surface area contributed by atoms with Crippen molar-refractivity contribution in [2.75, 3.05) is 11.4 Å². The van der Waals surface area contributed by atoms with Gasteiger partial charge in [-0.25, -0.2) is 0 Å². The summed E-state index contributed by atoms with van der Waals surface area (Å²) in [5.41, 5.74) is 6.84. The summed E-state index contributed by atoms with van der Waals surface area (Å²) < 4.78 is 0. The van der Waals surface area contributed by atoms with Crippen molar-refractivity contribution in [1.82, 2.24) is 0 Å². The highest BCUT2D eigenvalue weighted by atomic mass is 35.5. The molecule has 0 amide bonds. The van der Waals surface area contributed by atoms with Gasteiger partial charge in [0.1, 0.15) is 0 Å². The standard InChI is InChI=1S/C15H14ClNO/c1-9-2-4-11-12-5-3-10(17-16)7-14(12)15(8-18)13(11)6-9/h2-7,15,17-18H,8H2,1H3. The average Bonchev–Trinajstić information content (AvgIpc) is 2.70. The number of rotatable bonds is 2. The molecule has 2 nitrogen and oxygen atoms in total. The van der Waals surface area contributed by atoms with Crippen LogP contribution in [0.3, 0.4) is 0 Å². The largest absolute Gasteiger partial charge is 0.395 e. The quantitative estimate of drug-likeness (QED) is 0.807. The number of aliphatic hydroxyl groups excluding tert-OH is 1. The van der Waals surface area contributed by atoms with Crippen LogP contribution in [0.5, 0.6) is 0 Å². The molecule has 1 aliphatic rings. The van der Waals surface area contributed by atoms with Gasteiger partial charge in [-0.1, -0.05) is 29.8 Å². The van der Waals surface area contributed by atoms with Gasteiger partial charge < -0.3 is 5.11 Å². The Hall–Kier alpha value is -1.51. The van der Waals surface area contributed by atoms with Crippen molar-refractivity contribution >= 4 is 17.5 Å².